The summed E-state index contributed by atoms with van der Waals surface area (Å²) in [4.78, 5) is 23.4. The van der Waals surface area contributed by atoms with Gasteiger partial charge < -0.3 is 20.1 Å². The van der Waals surface area contributed by atoms with Crippen LogP contribution in [0.1, 0.15) is 36.7 Å². The summed E-state index contributed by atoms with van der Waals surface area (Å²) in [5.74, 6) is 1.44. The molecule has 1 aromatic carbocycles. The molecule has 1 aliphatic rings. The van der Waals surface area contributed by atoms with Crippen LogP contribution in [0.15, 0.2) is 54.0 Å². The molecular formula is C21H31IN6O. The number of hydrogen-bond donors (Lipinski definition) is 2. The summed E-state index contributed by atoms with van der Waals surface area (Å²) in [6, 6.07) is 9.65. The van der Waals surface area contributed by atoms with E-state index in [-0.39, 0.29) is 29.9 Å². The highest BCUT2D eigenvalue weighted by Crippen LogP contribution is 2.27. The first kappa shape index (κ1) is 23.2. The second-order valence-corrected chi connectivity index (χ2v) is 7.15. The molecule has 2 aromatic rings. The van der Waals surface area contributed by atoms with Crippen LogP contribution in [0.4, 0.5) is 0 Å². The van der Waals surface area contributed by atoms with Gasteiger partial charge in [-0.15, -0.1) is 24.0 Å². The highest BCUT2D eigenvalue weighted by molar-refractivity contribution is 14.0. The lowest BCUT2D eigenvalue weighted by atomic mass is 9.93. The zero-order valence-corrected chi connectivity index (χ0v) is 19.5. The number of guanidine groups is 1. The molecule has 0 saturated carbocycles. The van der Waals surface area contributed by atoms with Crippen LogP contribution in [-0.4, -0.2) is 59.0 Å². The fourth-order valence-corrected chi connectivity index (χ4v) is 3.54. The number of imidazole rings is 1. The summed E-state index contributed by atoms with van der Waals surface area (Å²) < 4.78 is 2.19. The lowest BCUT2D eigenvalue weighted by Gasteiger charge is -2.39. The number of carbonyl (C=O) groups is 1. The van der Waals surface area contributed by atoms with Crippen molar-refractivity contribution in [1.82, 2.24) is 25.1 Å². The number of halogens is 1. The molecule has 2 atom stereocenters. The number of likely N-dealkylation sites (tertiary alicyclic amines) is 1. The van der Waals surface area contributed by atoms with Gasteiger partial charge in [-0.2, -0.15) is 0 Å². The van der Waals surface area contributed by atoms with Gasteiger partial charge in [0.2, 0.25) is 0 Å². The van der Waals surface area contributed by atoms with Gasteiger partial charge in [0.1, 0.15) is 0 Å². The van der Waals surface area contributed by atoms with E-state index in [1.807, 2.05) is 49.1 Å². The normalized spacial score (nSPS) is 19.4. The summed E-state index contributed by atoms with van der Waals surface area (Å²) >= 11 is 0. The van der Waals surface area contributed by atoms with Gasteiger partial charge in [-0.1, -0.05) is 25.1 Å². The molecule has 2 N–H and O–H groups in total. The van der Waals surface area contributed by atoms with Crippen LogP contribution in [0.25, 0.3) is 0 Å². The quantitative estimate of drug-likeness (QED) is 0.271. The first-order chi connectivity index (χ1) is 13.7. The molecule has 2 heterocycles. The van der Waals surface area contributed by atoms with Crippen molar-refractivity contribution in [2.75, 3.05) is 32.7 Å². The van der Waals surface area contributed by atoms with Gasteiger partial charge in [0.05, 0.1) is 18.9 Å². The summed E-state index contributed by atoms with van der Waals surface area (Å²) in [7, 11) is 0. The Morgan fingerprint density at radius 3 is 2.76 bits per heavy atom. The van der Waals surface area contributed by atoms with E-state index in [0.717, 1.165) is 32.0 Å². The van der Waals surface area contributed by atoms with Crippen LogP contribution in [-0.2, 0) is 0 Å². The molecule has 0 radical (unpaired) electrons. The fraction of sp³-hybridized carbons (Fsp3) is 0.476. The molecule has 7 nitrogen and oxygen atoms in total. The minimum atomic E-state index is -0.0623. The van der Waals surface area contributed by atoms with Crippen molar-refractivity contribution < 1.29 is 4.79 Å². The standard InChI is InChI=1S/C21H30N6O.HI/c1-3-23-21(25-11-10-24-20(28)18-7-5-4-6-8-18)26-13-9-17(2)19(15-26)27-14-12-22-16-27;/h4-8,12,14,16-17,19H,3,9-11,13,15H2,1-2H3,(H,23,25)(H,24,28);1H. The van der Waals surface area contributed by atoms with Gasteiger partial charge in [0.25, 0.3) is 5.91 Å². The molecule has 2 unspecified atom stereocenters. The van der Waals surface area contributed by atoms with Crippen LogP contribution >= 0.6 is 24.0 Å². The molecule has 0 spiro atoms. The third kappa shape index (κ3) is 6.45. The zero-order valence-electron chi connectivity index (χ0n) is 17.1. The number of hydrogen-bond acceptors (Lipinski definition) is 3. The van der Waals surface area contributed by atoms with E-state index >= 15 is 0 Å². The SMILES string of the molecule is CCNC(=NCCNC(=O)c1ccccc1)N1CCC(C)C(n2ccnc2)C1.I. The van der Waals surface area contributed by atoms with Crippen molar-refractivity contribution in [1.29, 1.82) is 0 Å². The topological polar surface area (TPSA) is 74.6 Å². The van der Waals surface area contributed by atoms with Crippen LogP contribution in [0, 0.1) is 5.92 Å². The van der Waals surface area contributed by atoms with Gasteiger partial charge in [0.15, 0.2) is 5.96 Å². The Morgan fingerprint density at radius 2 is 2.07 bits per heavy atom. The molecule has 3 rings (SSSR count). The number of nitrogens with one attached hydrogen (secondary N) is 2. The maximum absolute atomic E-state index is 12.1. The van der Waals surface area contributed by atoms with Crippen molar-refractivity contribution >= 4 is 35.8 Å². The molecule has 29 heavy (non-hydrogen) atoms. The van der Waals surface area contributed by atoms with E-state index in [1.165, 1.54) is 0 Å². The van der Waals surface area contributed by atoms with Gasteiger partial charge in [-0.3, -0.25) is 9.79 Å². The monoisotopic (exact) mass is 510 g/mol. The van der Waals surface area contributed by atoms with Crippen molar-refractivity contribution in [3.05, 3.63) is 54.6 Å². The Kier molecular flexibility index (Phi) is 9.43. The minimum Gasteiger partial charge on any atom is -0.357 e. The largest absolute Gasteiger partial charge is 0.357 e. The average Bonchev–Trinajstić information content (AvgIpc) is 3.26. The number of amides is 1. The number of carbonyl (C=O) groups excluding carboxylic acids is 1. The average molecular weight is 510 g/mol. The predicted octanol–water partition coefficient (Wildman–Crippen LogP) is 2.78. The molecule has 1 amide bonds. The molecule has 1 aliphatic heterocycles. The van der Waals surface area contributed by atoms with Crippen molar-refractivity contribution in [3.63, 3.8) is 0 Å². The Balaban J connectivity index is 0.00000300. The van der Waals surface area contributed by atoms with Gasteiger partial charge in [0, 0.05) is 44.1 Å². The fourth-order valence-electron chi connectivity index (χ4n) is 3.54. The summed E-state index contributed by atoms with van der Waals surface area (Å²) in [5, 5.41) is 6.32. The summed E-state index contributed by atoms with van der Waals surface area (Å²) in [5.41, 5.74) is 0.673. The maximum atomic E-state index is 12.1. The molecule has 0 aliphatic carbocycles. The van der Waals surface area contributed by atoms with E-state index in [1.54, 1.807) is 0 Å². The Hall–Kier alpha value is -2.10. The van der Waals surface area contributed by atoms with E-state index in [4.69, 9.17) is 4.99 Å². The number of rotatable bonds is 6. The third-order valence-corrected chi connectivity index (χ3v) is 5.16. The Labute approximate surface area is 190 Å². The van der Waals surface area contributed by atoms with E-state index in [9.17, 15) is 4.79 Å². The second kappa shape index (κ2) is 11.8. The Bertz CT molecular complexity index is 765. The number of benzene rings is 1. The highest BCUT2D eigenvalue weighted by Gasteiger charge is 2.28. The molecule has 8 heteroatoms. The first-order valence-corrected chi connectivity index (χ1v) is 10.0. The predicted molar refractivity (Wildman–Crippen MR) is 127 cm³/mol. The molecule has 1 fully saturated rings. The van der Waals surface area contributed by atoms with Crippen molar-refractivity contribution in [2.24, 2.45) is 10.9 Å². The smallest absolute Gasteiger partial charge is 0.251 e. The number of piperidine rings is 1. The van der Waals surface area contributed by atoms with Gasteiger partial charge in [-0.05, 0) is 31.4 Å². The van der Waals surface area contributed by atoms with E-state index in [2.05, 4.69) is 38.9 Å². The van der Waals surface area contributed by atoms with E-state index in [0.29, 0.717) is 30.6 Å². The van der Waals surface area contributed by atoms with Crippen molar-refractivity contribution in [3.8, 4) is 0 Å². The highest BCUT2D eigenvalue weighted by atomic mass is 127. The lowest BCUT2D eigenvalue weighted by molar-refractivity contribution is 0.0954. The summed E-state index contributed by atoms with van der Waals surface area (Å²) in [6.45, 7) is 8.13. The Morgan fingerprint density at radius 1 is 1.28 bits per heavy atom. The maximum Gasteiger partial charge on any atom is 0.251 e. The molecule has 158 valence electrons. The zero-order chi connectivity index (χ0) is 19.8. The van der Waals surface area contributed by atoms with E-state index < -0.39 is 0 Å². The number of nitrogens with zero attached hydrogens (tertiary/aromatic N) is 4. The second-order valence-electron chi connectivity index (χ2n) is 7.15. The first-order valence-electron chi connectivity index (χ1n) is 10.0. The van der Waals surface area contributed by atoms with Gasteiger partial charge >= 0.3 is 0 Å². The number of aliphatic imine (C=N–C) groups is 1. The van der Waals surface area contributed by atoms with Crippen LogP contribution in [0.3, 0.4) is 0 Å². The summed E-state index contributed by atoms with van der Waals surface area (Å²) in [6.07, 6.45) is 6.88. The van der Waals surface area contributed by atoms with Crippen molar-refractivity contribution in [2.45, 2.75) is 26.3 Å². The van der Waals surface area contributed by atoms with Crippen LogP contribution in [0.2, 0.25) is 0 Å². The molecular weight excluding hydrogens is 479 g/mol. The third-order valence-electron chi connectivity index (χ3n) is 5.16. The lowest BCUT2D eigenvalue weighted by Crippen LogP contribution is -2.49. The van der Waals surface area contributed by atoms with Crippen LogP contribution in [0.5, 0.6) is 0 Å². The van der Waals surface area contributed by atoms with Gasteiger partial charge in [-0.25, -0.2) is 4.98 Å². The molecule has 1 aromatic heterocycles. The van der Waals surface area contributed by atoms with Crippen LogP contribution < -0.4 is 10.6 Å². The molecule has 1 saturated heterocycles. The minimum absolute atomic E-state index is 0. The molecule has 0 bridgehead atoms. The number of aromatic nitrogens is 2.